The summed E-state index contributed by atoms with van der Waals surface area (Å²) in [4.78, 5) is 16.4. The van der Waals surface area contributed by atoms with Crippen molar-refractivity contribution in [2.24, 2.45) is 5.41 Å². The SMILES string of the molecule is Cc1nccn(C2CC(O)CCC23CCCC3)c1=O. The van der Waals surface area contributed by atoms with Gasteiger partial charge >= 0.3 is 0 Å². The van der Waals surface area contributed by atoms with Gasteiger partial charge in [-0.05, 0) is 44.4 Å². The number of hydrogen-bond donors (Lipinski definition) is 1. The molecule has 2 aliphatic carbocycles. The average Bonchev–Trinajstić information content (AvgIpc) is 2.86. The monoisotopic (exact) mass is 262 g/mol. The zero-order valence-electron chi connectivity index (χ0n) is 11.5. The smallest absolute Gasteiger partial charge is 0.272 e. The molecule has 0 bridgehead atoms. The fourth-order valence-electron chi connectivity index (χ4n) is 4.09. The van der Waals surface area contributed by atoms with Gasteiger partial charge in [0.05, 0.1) is 6.10 Å². The van der Waals surface area contributed by atoms with Crippen LogP contribution in [0.25, 0.3) is 0 Å². The van der Waals surface area contributed by atoms with Crippen LogP contribution in [0.4, 0.5) is 0 Å². The molecule has 2 saturated carbocycles. The van der Waals surface area contributed by atoms with Crippen LogP contribution in [0.2, 0.25) is 0 Å². The molecule has 3 rings (SSSR count). The topological polar surface area (TPSA) is 55.1 Å². The molecule has 104 valence electrons. The lowest BCUT2D eigenvalue weighted by Gasteiger charge is -2.44. The Kier molecular flexibility index (Phi) is 3.21. The van der Waals surface area contributed by atoms with Crippen LogP contribution < -0.4 is 5.56 Å². The van der Waals surface area contributed by atoms with E-state index >= 15 is 0 Å². The molecule has 2 atom stereocenters. The van der Waals surface area contributed by atoms with Crippen LogP contribution in [0, 0.1) is 12.3 Å². The normalized spacial score (nSPS) is 29.8. The van der Waals surface area contributed by atoms with Crippen LogP contribution in [0.3, 0.4) is 0 Å². The number of rotatable bonds is 1. The van der Waals surface area contributed by atoms with E-state index in [1.807, 2.05) is 4.57 Å². The van der Waals surface area contributed by atoms with E-state index in [0.717, 1.165) is 12.8 Å². The molecule has 1 aromatic rings. The van der Waals surface area contributed by atoms with Gasteiger partial charge in [0.25, 0.3) is 5.56 Å². The highest BCUT2D eigenvalue weighted by atomic mass is 16.3. The van der Waals surface area contributed by atoms with E-state index in [9.17, 15) is 9.90 Å². The molecular weight excluding hydrogens is 240 g/mol. The Bertz CT molecular complexity index is 517. The predicted molar refractivity (Wildman–Crippen MR) is 73.0 cm³/mol. The molecule has 1 heterocycles. The molecule has 0 saturated heterocycles. The summed E-state index contributed by atoms with van der Waals surface area (Å²) in [5, 5.41) is 10.0. The van der Waals surface area contributed by atoms with Crippen molar-refractivity contribution in [3.8, 4) is 0 Å². The first-order chi connectivity index (χ1) is 9.12. The van der Waals surface area contributed by atoms with Gasteiger partial charge < -0.3 is 9.67 Å². The molecule has 2 unspecified atom stereocenters. The molecule has 1 N–H and O–H groups in total. The van der Waals surface area contributed by atoms with Crippen molar-refractivity contribution in [1.29, 1.82) is 0 Å². The zero-order chi connectivity index (χ0) is 13.5. The quantitative estimate of drug-likeness (QED) is 0.844. The molecule has 1 spiro atoms. The summed E-state index contributed by atoms with van der Waals surface area (Å²) in [6.45, 7) is 1.76. The van der Waals surface area contributed by atoms with Crippen LogP contribution in [0.5, 0.6) is 0 Å². The molecule has 0 aromatic carbocycles. The van der Waals surface area contributed by atoms with Crippen molar-refractivity contribution in [2.75, 3.05) is 0 Å². The maximum Gasteiger partial charge on any atom is 0.272 e. The molecule has 0 amide bonds. The lowest BCUT2D eigenvalue weighted by Crippen LogP contribution is -2.42. The lowest BCUT2D eigenvalue weighted by atomic mass is 9.68. The van der Waals surface area contributed by atoms with E-state index in [0.29, 0.717) is 12.1 Å². The van der Waals surface area contributed by atoms with E-state index in [4.69, 9.17) is 0 Å². The highest BCUT2D eigenvalue weighted by molar-refractivity contribution is 5.03. The Morgan fingerprint density at radius 1 is 1.37 bits per heavy atom. The van der Waals surface area contributed by atoms with Crippen molar-refractivity contribution in [3.05, 3.63) is 28.4 Å². The molecule has 19 heavy (non-hydrogen) atoms. The first-order valence-electron chi connectivity index (χ1n) is 7.34. The Hall–Kier alpha value is -1.16. The van der Waals surface area contributed by atoms with Gasteiger partial charge in [0.2, 0.25) is 0 Å². The summed E-state index contributed by atoms with van der Waals surface area (Å²) in [7, 11) is 0. The van der Waals surface area contributed by atoms with E-state index in [1.165, 1.54) is 25.7 Å². The minimum Gasteiger partial charge on any atom is -0.393 e. The molecule has 2 aliphatic rings. The van der Waals surface area contributed by atoms with Crippen LogP contribution in [-0.4, -0.2) is 20.8 Å². The van der Waals surface area contributed by atoms with Crippen molar-refractivity contribution in [2.45, 2.75) is 64.0 Å². The Morgan fingerprint density at radius 3 is 2.84 bits per heavy atom. The van der Waals surface area contributed by atoms with Crippen molar-refractivity contribution < 1.29 is 5.11 Å². The van der Waals surface area contributed by atoms with Crippen LogP contribution >= 0.6 is 0 Å². The highest BCUT2D eigenvalue weighted by Crippen LogP contribution is 2.54. The van der Waals surface area contributed by atoms with Gasteiger partial charge in [0.15, 0.2) is 0 Å². The Balaban J connectivity index is 2.03. The second-order valence-electron chi connectivity index (χ2n) is 6.24. The standard InChI is InChI=1S/C15H22N2O2/c1-11-14(19)17(9-8-16-11)13-10-12(18)4-7-15(13)5-2-3-6-15/h8-9,12-13,18H,2-7,10H2,1H3. The zero-order valence-corrected chi connectivity index (χ0v) is 11.5. The summed E-state index contributed by atoms with van der Waals surface area (Å²) >= 11 is 0. The number of aromatic nitrogens is 2. The molecule has 2 fully saturated rings. The van der Waals surface area contributed by atoms with Crippen molar-refractivity contribution >= 4 is 0 Å². The van der Waals surface area contributed by atoms with Gasteiger partial charge in [0.1, 0.15) is 5.69 Å². The van der Waals surface area contributed by atoms with E-state index in [1.54, 1.807) is 19.3 Å². The molecule has 1 aromatic heterocycles. The summed E-state index contributed by atoms with van der Waals surface area (Å²) in [6.07, 6.45) is 10.8. The largest absolute Gasteiger partial charge is 0.393 e. The molecule has 4 heteroatoms. The average molecular weight is 262 g/mol. The fourth-order valence-corrected chi connectivity index (χ4v) is 4.09. The third kappa shape index (κ3) is 2.12. The summed E-state index contributed by atoms with van der Waals surface area (Å²) in [5.41, 5.74) is 0.792. The highest BCUT2D eigenvalue weighted by Gasteiger charge is 2.46. The summed E-state index contributed by atoms with van der Waals surface area (Å²) in [6, 6.07) is 0.146. The molecular formula is C15H22N2O2. The van der Waals surface area contributed by atoms with Crippen molar-refractivity contribution in [1.82, 2.24) is 9.55 Å². The lowest BCUT2D eigenvalue weighted by molar-refractivity contribution is 0.0159. The van der Waals surface area contributed by atoms with E-state index < -0.39 is 0 Å². The second-order valence-corrected chi connectivity index (χ2v) is 6.24. The number of aliphatic hydroxyl groups is 1. The number of aliphatic hydroxyl groups excluding tert-OH is 1. The van der Waals surface area contributed by atoms with Gasteiger partial charge in [-0.1, -0.05) is 12.8 Å². The van der Waals surface area contributed by atoms with Crippen LogP contribution in [0.1, 0.15) is 56.7 Å². The Morgan fingerprint density at radius 2 is 2.11 bits per heavy atom. The fraction of sp³-hybridized carbons (Fsp3) is 0.733. The molecule has 0 radical (unpaired) electrons. The third-order valence-corrected chi connectivity index (χ3v) is 5.15. The van der Waals surface area contributed by atoms with Crippen LogP contribution in [-0.2, 0) is 0 Å². The predicted octanol–water partition coefficient (Wildman–Crippen LogP) is 2.20. The minimum absolute atomic E-state index is 0.00729. The summed E-state index contributed by atoms with van der Waals surface area (Å²) < 4.78 is 1.84. The number of nitrogens with zero attached hydrogens (tertiary/aromatic N) is 2. The second kappa shape index (κ2) is 4.75. The molecule has 4 nitrogen and oxygen atoms in total. The van der Waals surface area contributed by atoms with Gasteiger partial charge in [0, 0.05) is 18.4 Å². The Labute approximate surface area is 113 Å². The van der Waals surface area contributed by atoms with Gasteiger partial charge in [-0.15, -0.1) is 0 Å². The first-order valence-corrected chi connectivity index (χ1v) is 7.34. The number of aryl methyl sites for hydroxylation is 1. The first kappa shape index (κ1) is 12.9. The van der Waals surface area contributed by atoms with E-state index in [2.05, 4.69) is 4.98 Å². The summed E-state index contributed by atoms with van der Waals surface area (Å²) in [5.74, 6) is 0. The van der Waals surface area contributed by atoms with Crippen molar-refractivity contribution in [3.63, 3.8) is 0 Å². The van der Waals surface area contributed by atoms with E-state index in [-0.39, 0.29) is 23.1 Å². The molecule has 0 aliphatic heterocycles. The maximum absolute atomic E-state index is 12.3. The van der Waals surface area contributed by atoms with Gasteiger partial charge in [-0.2, -0.15) is 0 Å². The number of hydrogen-bond acceptors (Lipinski definition) is 3. The van der Waals surface area contributed by atoms with Gasteiger partial charge in [-0.3, -0.25) is 9.78 Å². The maximum atomic E-state index is 12.3. The van der Waals surface area contributed by atoms with Gasteiger partial charge in [-0.25, -0.2) is 0 Å². The minimum atomic E-state index is -0.267. The van der Waals surface area contributed by atoms with Crippen LogP contribution in [0.15, 0.2) is 17.2 Å². The third-order valence-electron chi connectivity index (χ3n) is 5.15.